The van der Waals surface area contributed by atoms with E-state index in [4.69, 9.17) is 4.74 Å². The van der Waals surface area contributed by atoms with Crippen molar-refractivity contribution in [2.75, 3.05) is 10.9 Å². The fourth-order valence-corrected chi connectivity index (χ4v) is 4.06. The van der Waals surface area contributed by atoms with Crippen molar-refractivity contribution in [2.24, 2.45) is 0 Å². The lowest BCUT2D eigenvalue weighted by molar-refractivity contribution is 0.0526. The second kappa shape index (κ2) is 8.62. The van der Waals surface area contributed by atoms with Crippen molar-refractivity contribution >= 4 is 21.7 Å². The van der Waals surface area contributed by atoms with Crippen LogP contribution in [0.5, 0.6) is 0 Å². The third kappa shape index (κ3) is 4.34. The number of nitrogens with zero attached hydrogens (tertiary/aromatic N) is 3. The van der Waals surface area contributed by atoms with Crippen molar-refractivity contribution in [1.82, 2.24) is 9.97 Å². The maximum atomic E-state index is 13.3. The topological polar surface area (TPSA) is 89.5 Å². The Morgan fingerprint density at radius 2 is 1.64 bits per heavy atom. The van der Waals surface area contributed by atoms with E-state index >= 15 is 0 Å². The molecule has 0 saturated carbocycles. The van der Waals surface area contributed by atoms with Crippen LogP contribution in [0.1, 0.15) is 22.8 Å². The highest BCUT2D eigenvalue weighted by atomic mass is 32.2. The van der Waals surface area contributed by atoms with Gasteiger partial charge in [-0.2, -0.15) is 0 Å². The van der Waals surface area contributed by atoms with Gasteiger partial charge >= 0.3 is 5.97 Å². The third-order valence-corrected chi connectivity index (χ3v) is 5.73. The first kappa shape index (κ1) is 19.5. The lowest BCUT2D eigenvalue weighted by atomic mass is 10.2. The minimum Gasteiger partial charge on any atom is -0.462 e. The molecule has 0 unspecified atom stereocenters. The van der Waals surface area contributed by atoms with Gasteiger partial charge in [0.1, 0.15) is 6.33 Å². The standard InChI is InChI=1S/C20H19N3O4S/c1-2-27-20(24)17-8-10-18(11-9-17)23(14-16-12-21-15-22-13-16)28(25,26)19-6-4-3-5-7-19/h3-13,15H,2,14H2,1H3. The van der Waals surface area contributed by atoms with E-state index in [0.717, 1.165) is 0 Å². The molecule has 144 valence electrons. The van der Waals surface area contributed by atoms with Crippen LogP contribution >= 0.6 is 0 Å². The summed E-state index contributed by atoms with van der Waals surface area (Å²) >= 11 is 0. The monoisotopic (exact) mass is 397 g/mol. The number of hydrogen-bond acceptors (Lipinski definition) is 6. The predicted molar refractivity (Wildman–Crippen MR) is 104 cm³/mol. The number of rotatable bonds is 7. The second-order valence-electron chi connectivity index (χ2n) is 5.84. The van der Waals surface area contributed by atoms with Crippen molar-refractivity contribution in [2.45, 2.75) is 18.4 Å². The molecule has 3 rings (SSSR count). The van der Waals surface area contributed by atoms with Gasteiger partial charge in [0.2, 0.25) is 0 Å². The molecule has 1 aromatic heterocycles. The van der Waals surface area contributed by atoms with Crippen LogP contribution in [0.25, 0.3) is 0 Å². The van der Waals surface area contributed by atoms with E-state index in [1.165, 1.54) is 22.8 Å². The van der Waals surface area contributed by atoms with Gasteiger partial charge in [0.05, 0.1) is 29.3 Å². The van der Waals surface area contributed by atoms with Crippen LogP contribution in [0, 0.1) is 0 Å². The largest absolute Gasteiger partial charge is 0.462 e. The lowest BCUT2D eigenvalue weighted by Crippen LogP contribution is -2.30. The van der Waals surface area contributed by atoms with E-state index < -0.39 is 16.0 Å². The van der Waals surface area contributed by atoms with E-state index in [1.54, 1.807) is 61.8 Å². The average Bonchev–Trinajstić information content (AvgIpc) is 2.73. The highest BCUT2D eigenvalue weighted by Crippen LogP contribution is 2.26. The summed E-state index contributed by atoms with van der Waals surface area (Å²) in [5.74, 6) is -0.456. The van der Waals surface area contributed by atoms with Crippen molar-refractivity contribution in [3.8, 4) is 0 Å². The third-order valence-electron chi connectivity index (χ3n) is 3.94. The number of ether oxygens (including phenoxy) is 1. The van der Waals surface area contributed by atoms with Crippen molar-refractivity contribution in [3.05, 3.63) is 84.4 Å². The Kier molecular flexibility index (Phi) is 6.00. The van der Waals surface area contributed by atoms with Gasteiger partial charge in [-0.15, -0.1) is 0 Å². The molecule has 0 spiro atoms. The van der Waals surface area contributed by atoms with Crippen LogP contribution in [0.15, 0.2) is 78.2 Å². The second-order valence-corrected chi connectivity index (χ2v) is 7.70. The molecule has 0 saturated heterocycles. The highest BCUT2D eigenvalue weighted by molar-refractivity contribution is 7.92. The van der Waals surface area contributed by atoms with Crippen molar-refractivity contribution in [1.29, 1.82) is 0 Å². The number of carbonyl (C=O) groups excluding carboxylic acids is 1. The van der Waals surface area contributed by atoms with E-state index in [1.807, 2.05) is 0 Å². The number of benzene rings is 2. The summed E-state index contributed by atoms with van der Waals surface area (Å²) in [7, 11) is -3.83. The molecule has 7 nitrogen and oxygen atoms in total. The van der Waals surface area contributed by atoms with E-state index in [2.05, 4.69) is 9.97 Å². The molecule has 0 N–H and O–H groups in total. The fraction of sp³-hybridized carbons (Fsp3) is 0.150. The summed E-state index contributed by atoms with van der Waals surface area (Å²) in [5.41, 5.74) is 1.41. The molecule has 3 aromatic rings. The number of anilines is 1. The Bertz CT molecular complexity index is 1020. The summed E-state index contributed by atoms with van der Waals surface area (Å²) in [4.78, 5) is 19.9. The van der Waals surface area contributed by atoms with Gasteiger partial charge in [0.25, 0.3) is 10.0 Å². The molecular formula is C20H19N3O4S. The first-order valence-electron chi connectivity index (χ1n) is 8.61. The zero-order valence-corrected chi connectivity index (χ0v) is 16.0. The summed E-state index contributed by atoms with van der Waals surface area (Å²) in [6.07, 6.45) is 4.51. The molecule has 0 atom stereocenters. The van der Waals surface area contributed by atoms with Gasteiger partial charge in [0.15, 0.2) is 0 Å². The molecule has 0 radical (unpaired) electrons. The van der Waals surface area contributed by atoms with Crippen LogP contribution < -0.4 is 4.31 Å². The molecule has 2 aromatic carbocycles. The van der Waals surface area contributed by atoms with Gasteiger partial charge in [-0.05, 0) is 43.3 Å². The Morgan fingerprint density at radius 1 is 1.00 bits per heavy atom. The molecule has 8 heteroatoms. The van der Waals surface area contributed by atoms with Gasteiger partial charge in [-0.1, -0.05) is 18.2 Å². The van der Waals surface area contributed by atoms with Crippen LogP contribution in [-0.4, -0.2) is 31.0 Å². The predicted octanol–water partition coefficient (Wildman–Crippen LogP) is 3.05. The van der Waals surface area contributed by atoms with Crippen molar-refractivity contribution < 1.29 is 17.9 Å². The van der Waals surface area contributed by atoms with E-state index in [-0.39, 0.29) is 18.0 Å². The number of aromatic nitrogens is 2. The number of hydrogen-bond donors (Lipinski definition) is 0. The minimum atomic E-state index is -3.83. The molecule has 0 amide bonds. The van der Waals surface area contributed by atoms with Crippen LogP contribution in [0.3, 0.4) is 0 Å². The fourth-order valence-electron chi connectivity index (χ4n) is 2.59. The number of sulfonamides is 1. The van der Waals surface area contributed by atoms with Gasteiger partial charge in [0, 0.05) is 18.0 Å². The van der Waals surface area contributed by atoms with Crippen LogP contribution in [-0.2, 0) is 21.3 Å². The maximum absolute atomic E-state index is 13.3. The summed E-state index contributed by atoms with van der Waals surface area (Å²) in [5, 5.41) is 0. The van der Waals surface area contributed by atoms with Crippen LogP contribution in [0.4, 0.5) is 5.69 Å². The van der Waals surface area contributed by atoms with Gasteiger partial charge in [-0.25, -0.2) is 23.2 Å². The molecule has 0 aliphatic rings. The zero-order valence-electron chi connectivity index (χ0n) is 15.2. The SMILES string of the molecule is CCOC(=O)c1ccc(N(Cc2cncnc2)S(=O)(=O)c2ccccc2)cc1. The summed E-state index contributed by atoms with van der Waals surface area (Å²) in [6.45, 7) is 2.04. The quantitative estimate of drug-likeness (QED) is 0.569. The van der Waals surface area contributed by atoms with Crippen molar-refractivity contribution in [3.63, 3.8) is 0 Å². The Hall–Kier alpha value is -3.26. The molecule has 28 heavy (non-hydrogen) atoms. The zero-order chi connectivity index (χ0) is 20.0. The number of esters is 1. The highest BCUT2D eigenvalue weighted by Gasteiger charge is 2.25. The molecule has 1 heterocycles. The maximum Gasteiger partial charge on any atom is 0.338 e. The smallest absolute Gasteiger partial charge is 0.338 e. The first-order chi connectivity index (χ1) is 13.5. The van der Waals surface area contributed by atoms with Crippen LogP contribution in [0.2, 0.25) is 0 Å². The summed E-state index contributed by atoms with van der Waals surface area (Å²) < 4.78 is 32.7. The Balaban J connectivity index is 2.00. The lowest BCUT2D eigenvalue weighted by Gasteiger charge is -2.24. The Morgan fingerprint density at radius 3 is 2.25 bits per heavy atom. The summed E-state index contributed by atoms with van der Waals surface area (Å²) in [6, 6.07) is 14.4. The molecule has 0 aliphatic heterocycles. The Labute approximate surface area is 163 Å². The molecule has 0 aliphatic carbocycles. The molecule has 0 fully saturated rings. The molecule has 0 bridgehead atoms. The van der Waals surface area contributed by atoms with Gasteiger partial charge < -0.3 is 4.74 Å². The van der Waals surface area contributed by atoms with Gasteiger partial charge in [-0.3, -0.25) is 4.31 Å². The average molecular weight is 397 g/mol. The number of carbonyl (C=O) groups is 1. The van der Waals surface area contributed by atoms with E-state index in [0.29, 0.717) is 16.8 Å². The van der Waals surface area contributed by atoms with E-state index in [9.17, 15) is 13.2 Å². The first-order valence-corrected chi connectivity index (χ1v) is 10.0. The normalized spacial score (nSPS) is 11.0. The minimum absolute atomic E-state index is 0.0524. The molecular weight excluding hydrogens is 378 g/mol.